The van der Waals surface area contributed by atoms with Crippen LogP contribution in [-0.2, 0) is 4.79 Å². The number of piperidine rings is 1. The second-order valence-electron chi connectivity index (χ2n) is 4.43. The van der Waals surface area contributed by atoms with Gasteiger partial charge in [-0.3, -0.25) is 4.79 Å². The first-order valence-electron chi connectivity index (χ1n) is 5.92. The van der Waals surface area contributed by atoms with E-state index in [1.165, 1.54) is 32.4 Å². The van der Waals surface area contributed by atoms with Crippen LogP contribution in [0.1, 0.15) is 32.6 Å². The lowest BCUT2D eigenvalue weighted by molar-refractivity contribution is -0.117. The van der Waals surface area contributed by atoms with Crippen LogP contribution in [0.3, 0.4) is 0 Å². The summed E-state index contributed by atoms with van der Waals surface area (Å²) < 4.78 is 0. The Morgan fingerprint density at radius 3 is 2.67 bits per heavy atom. The van der Waals surface area contributed by atoms with E-state index in [2.05, 4.69) is 17.1 Å². The summed E-state index contributed by atoms with van der Waals surface area (Å²) in [5.74, 6) is -0.229. The van der Waals surface area contributed by atoms with E-state index in [9.17, 15) is 4.79 Å². The van der Waals surface area contributed by atoms with Crippen LogP contribution < -0.4 is 11.1 Å². The van der Waals surface area contributed by atoms with E-state index in [1.807, 2.05) is 0 Å². The topological polar surface area (TPSA) is 58.4 Å². The van der Waals surface area contributed by atoms with Crippen molar-refractivity contribution in [2.24, 2.45) is 5.73 Å². The zero-order valence-corrected chi connectivity index (χ0v) is 9.67. The Morgan fingerprint density at radius 2 is 2.07 bits per heavy atom. The first-order valence-corrected chi connectivity index (χ1v) is 5.92. The van der Waals surface area contributed by atoms with Crippen LogP contribution in [-0.4, -0.2) is 43.0 Å². The summed E-state index contributed by atoms with van der Waals surface area (Å²) in [6, 6.07) is 0.447. The summed E-state index contributed by atoms with van der Waals surface area (Å²) in [5.41, 5.74) is 5.07. The second kappa shape index (κ2) is 6.80. The number of rotatable bonds is 6. The van der Waals surface area contributed by atoms with Gasteiger partial charge in [0.05, 0.1) is 0 Å². The molecule has 0 saturated carbocycles. The molecule has 1 rings (SSSR count). The van der Waals surface area contributed by atoms with Crippen molar-refractivity contribution in [1.29, 1.82) is 0 Å². The normalized spacial score (nSPS) is 20.1. The van der Waals surface area contributed by atoms with Crippen LogP contribution >= 0.6 is 0 Å². The zero-order chi connectivity index (χ0) is 11.1. The first-order chi connectivity index (χ1) is 7.18. The van der Waals surface area contributed by atoms with Crippen molar-refractivity contribution in [1.82, 2.24) is 10.2 Å². The Morgan fingerprint density at radius 1 is 1.40 bits per heavy atom. The Kier molecular flexibility index (Phi) is 5.65. The Labute approximate surface area is 92.2 Å². The number of nitrogens with one attached hydrogen (secondary N) is 1. The summed E-state index contributed by atoms with van der Waals surface area (Å²) in [6.45, 7) is 6.39. The highest BCUT2D eigenvalue weighted by atomic mass is 16.1. The molecule has 1 aliphatic rings. The lowest BCUT2D eigenvalue weighted by atomic mass is 10.1. The maximum absolute atomic E-state index is 10.5. The van der Waals surface area contributed by atoms with Crippen LogP contribution in [0.4, 0.5) is 0 Å². The molecular formula is C11H23N3O. The predicted octanol–water partition coefficient (Wildman–Crippen LogP) is 0.326. The minimum Gasteiger partial charge on any atom is -0.370 e. The van der Waals surface area contributed by atoms with Gasteiger partial charge >= 0.3 is 0 Å². The molecule has 1 fully saturated rings. The number of nitrogens with zero attached hydrogens (tertiary/aromatic N) is 1. The molecular weight excluding hydrogens is 190 g/mol. The van der Waals surface area contributed by atoms with Gasteiger partial charge < -0.3 is 16.0 Å². The molecule has 0 radical (unpaired) electrons. The lowest BCUT2D eigenvalue weighted by Gasteiger charge is -2.29. The van der Waals surface area contributed by atoms with Crippen molar-refractivity contribution < 1.29 is 4.79 Å². The van der Waals surface area contributed by atoms with E-state index in [0.29, 0.717) is 19.0 Å². The summed E-state index contributed by atoms with van der Waals surface area (Å²) in [5, 5.41) is 3.32. The Balaban J connectivity index is 2.06. The van der Waals surface area contributed by atoms with Gasteiger partial charge in [-0.05, 0) is 32.9 Å². The molecule has 1 aliphatic heterocycles. The standard InChI is InChI=1S/C11H23N3O/c1-10(13-6-5-11(12)15)9-14-7-3-2-4-8-14/h10,13H,2-9H2,1H3,(H2,12,15). The van der Waals surface area contributed by atoms with Crippen LogP contribution in [0.2, 0.25) is 0 Å². The van der Waals surface area contributed by atoms with Crippen molar-refractivity contribution in [2.75, 3.05) is 26.2 Å². The van der Waals surface area contributed by atoms with Gasteiger partial charge in [0.15, 0.2) is 0 Å². The molecule has 4 nitrogen and oxygen atoms in total. The third-order valence-electron chi connectivity index (χ3n) is 2.84. The molecule has 1 heterocycles. The molecule has 0 spiro atoms. The van der Waals surface area contributed by atoms with Crippen LogP contribution in [0, 0.1) is 0 Å². The maximum Gasteiger partial charge on any atom is 0.218 e. The predicted molar refractivity (Wildman–Crippen MR) is 61.6 cm³/mol. The quantitative estimate of drug-likeness (QED) is 0.668. The molecule has 0 aromatic rings. The first kappa shape index (κ1) is 12.5. The van der Waals surface area contributed by atoms with E-state index in [-0.39, 0.29) is 5.91 Å². The molecule has 15 heavy (non-hydrogen) atoms. The van der Waals surface area contributed by atoms with Gasteiger partial charge in [-0.25, -0.2) is 0 Å². The molecule has 1 saturated heterocycles. The van der Waals surface area contributed by atoms with E-state index < -0.39 is 0 Å². The third-order valence-corrected chi connectivity index (χ3v) is 2.84. The fourth-order valence-corrected chi connectivity index (χ4v) is 2.04. The van der Waals surface area contributed by atoms with Gasteiger partial charge in [-0.2, -0.15) is 0 Å². The van der Waals surface area contributed by atoms with E-state index in [0.717, 1.165) is 6.54 Å². The highest BCUT2D eigenvalue weighted by molar-refractivity contribution is 5.73. The van der Waals surface area contributed by atoms with E-state index in [1.54, 1.807) is 0 Å². The molecule has 0 bridgehead atoms. The number of hydrogen-bond donors (Lipinski definition) is 2. The smallest absolute Gasteiger partial charge is 0.218 e. The molecule has 88 valence electrons. The zero-order valence-electron chi connectivity index (χ0n) is 9.67. The maximum atomic E-state index is 10.5. The van der Waals surface area contributed by atoms with E-state index in [4.69, 9.17) is 5.73 Å². The van der Waals surface area contributed by atoms with Gasteiger partial charge in [0, 0.05) is 25.6 Å². The average molecular weight is 213 g/mol. The van der Waals surface area contributed by atoms with Crippen molar-refractivity contribution in [3.8, 4) is 0 Å². The van der Waals surface area contributed by atoms with Gasteiger partial charge in [0.1, 0.15) is 0 Å². The molecule has 0 aliphatic carbocycles. The molecule has 4 heteroatoms. The number of carbonyl (C=O) groups excluding carboxylic acids is 1. The number of likely N-dealkylation sites (tertiary alicyclic amines) is 1. The van der Waals surface area contributed by atoms with Gasteiger partial charge in [-0.15, -0.1) is 0 Å². The fraction of sp³-hybridized carbons (Fsp3) is 0.909. The largest absolute Gasteiger partial charge is 0.370 e. The summed E-state index contributed by atoms with van der Waals surface area (Å²) >= 11 is 0. The number of hydrogen-bond acceptors (Lipinski definition) is 3. The molecule has 0 aromatic heterocycles. The lowest BCUT2D eigenvalue weighted by Crippen LogP contribution is -2.42. The van der Waals surface area contributed by atoms with Gasteiger partial charge in [-0.1, -0.05) is 6.42 Å². The van der Waals surface area contributed by atoms with Crippen molar-refractivity contribution in [3.05, 3.63) is 0 Å². The summed E-state index contributed by atoms with van der Waals surface area (Å²) in [7, 11) is 0. The van der Waals surface area contributed by atoms with Crippen molar-refractivity contribution >= 4 is 5.91 Å². The Bertz CT molecular complexity index is 190. The average Bonchev–Trinajstić information content (AvgIpc) is 2.18. The van der Waals surface area contributed by atoms with Crippen molar-refractivity contribution in [3.63, 3.8) is 0 Å². The minimum atomic E-state index is -0.229. The third kappa shape index (κ3) is 5.74. The summed E-state index contributed by atoms with van der Waals surface area (Å²) in [4.78, 5) is 13.0. The number of primary amides is 1. The molecule has 1 atom stereocenters. The second-order valence-corrected chi connectivity index (χ2v) is 4.43. The minimum absolute atomic E-state index is 0.229. The van der Waals surface area contributed by atoms with Crippen molar-refractivity contribution in [2.45, 2.75) is 38.6 Å². The molecule has 3 N–H and O–H groups in total. The highest BCUT2D eigenvalue weighted by Crippen LogP contribution is 2.08. The number of amides is 1. The number of carbonyl (C=O) groups is 1. The molecule has 0 aromatic carbocycles. The summed E-state index contributed by atoms with van der Waals surface area (Å²) in [6.07, 6.45) is 4.46. The highest BCUT2D eigenvalue weighted by Gasteiger charge is 2.12. The monoisotopic (exact) mass is 213 g/mol. The molecule has 1 unspecified atom stereocenters. The SMILES string of the molecule is CC(CN1CCCCC1)NCCC(N)=O. The van der Waals surface area contributed by atoms with Crippen LogP contribution in [0.5, 0.6) is 0 Å². The van der Waals surface area contributed by atoms with Crippen LogP contribution in [0.15, 0.2) is 0 Å². The Hall–Kier alpha value is -0.610. The van der Waals surface area contributed by atoms with Gasteiger partial charge in [0.25, 0.3) is 0 Å². The van der Waals surface area contributed by atoms with E-state index >= 15 is 0 Å². The number of nitrogens with two attached hydrogens (primary N) is 1. The molecule has 1 amide bonds. The van der Waals surface area contributed by atoms with Gasteiger partial charge in [0.2, 0.25) is 5.91 Å². The van der Waals surface area contributed by atoms with Crippen LogP contribution in [0.25, 0.3) is 0 Å². The fourth-order valence-electron chi connectivity index (χ4n) is 2.04.